The highest BCUT2D eigenvalue weighted by Crippen LogP contribution is 2.40. The fourth-order valence-corrected chi connectivity index (χ4v) is 4.45. The van der Waals surface area contributed by atoms with Gasteiger partial charge in [-0.2, -0.15) is 23.3 Å². The molecule has 0 amide bonds. The van der Waals surface area contributed by atoms with Gasteiger partial charge in [-0.05, 0) is 38.7 Å². The van der Waals surface area contributed by atoms with Crippen LogP contribution in [0.25, 0.3) is 16.7 Å². The smallest absolute Gasteiger partial charge is 0.370 e. The molecule has 2 aliphatic rings. The number of hydrogen-bond donors (Lipinski definition) is 0. The molecule has 0 N–H and O–H groups in total. The van der Waals surface area contributed by atoms with Gasteiger partial charge >= 0.3 is 6.18 Å². The summed E-state index contributed by atoms with van der Waals surface area (Å²) in [6, 6.07) is 0. The Bertz CT molecular complexity index is 1250. The number of fused-ring (bicyclic) bond motifs is 1. The fourth-order valence-electron chi connectivity index (χ4n) is 4.45. The first-order valence-electron chi connectivity index (χ1n) is 11.3. The Labute approximate surface area is 194 Å². The molecule has 34 heavy (non-hydrogen) atoms. The summed E-state index contributed by atoms with van der Waals surface area (Å²) in [6.45, 7) is 5.34. The molecule has 3 aromatic rings. The molecule has 5 rings (SSSR count). The van der Waals surface area contributed by atoms with Crippen molar-refractivity contribution < 1.29 is 17.9 Å². The predicted octanol–water partition coefficient (Wildman–Crippen LogP) is 4.09. The van der Waals surface area contributed by atoms with Gasteiger partial charge in [0.05, 0.1) is 42.3 Å². The van der Waals surface area contributed by atoms with Crippen LogP contribution in [0, 0.1) is 19.8 Å². The number of aromatic nitrogens is 6. The van der Waals surface area contributed by atoms with Crippen LogP contribution in [0.2, 0.25) is 0 Å². The van der Waals surface area contributed by atoms with E-state index in [-0.39, 0.29) is 25.4 Å². The van der Waals surface area contributed by atoms with Crippen LogP contribution < -0.4 is 4.90 Å². The van der Waals surface area contributed by atoms with E-state index in [9.17, 15) is 13.2 Å². The van der Waals surface area contributed by atoms with Crippen LogP contribution >= 0.6 is 0 Å². The number of hydrogen-bond acceptors (Lipinski definition) is 7. The lowest BCUT2D eigenvalue weighted by molar-refractivity contribution is -0.175. The molecule has 0 bridgehead atoms. The van der Waals surface area contributed by atoms with Gasteiger partial charge in [0.25, 0.3) is 0 Å². The maximum absolute atomic E-state index is 13.2. The first-order chi connectivity index (χ1) is 16.2. The molecule has 0 radical (unpaired) electrons. The van der Waals surface area contributed by atoms with E-state index < -0.39 is 12.1 Å². The molecular formula is C23H26F3N7O. The van der Waals surface area contributed by atoms with Gasteiger partial charge in [0.2, 0.25) is 5.95 Å². The van der Waals surface area contributed by atoms with Gasteiger partial charge in [-0.1, -0.05) is 6.08 Å². The van der Waals surface area contributed by atoms with Gasteiger partial charge in [-0.25, -0.2) is 15.0 Å². The minimum atomic E-state index is -4.19. The quantitative estimate of drug-likeness (QED) is 0.567. The number of rotatable bonds is 3. The second-order valence-corrected chi connectivity index (χ2v) is 8.93. The minimum absolute atomic E-state index is 0.0368. The van der Waals surface area contributed by atoms with Crippen LogP contribution in [0.4, 0.5) is 19.1 Å². The van der Waals surface area contributed by atoms with E-state index in [0.29, 0.717) is 42.5 Å². The van der Waals surface area contributed by atoms with E-state index in [1.807, 2.05) is 32.0 Å². The summed E-state index contributed by atoms with van der Waals surface area (Å²) in [4.78, 5) is 20.9. The Morgan fingerprint density at radius 2 is 1.88 bits per heavy atom. The SMILES string of the molecule is Cc1nc2nc(N3CCO[C@H](c4cnn(C)c4)C3)nc(C3=CC[C@H](C(F)(F)F)CC3)c2nc1C. The van der Waals surface area contributed by atoms with Crippen LogP contribution in [-0.2, 0) is 11.8 Å². The van der Waals surface area contributed by atoms with E-state index in [4.69, 9.17) is 14.7 Å². The summed E-state index contributed by atoms with van der Waals surface area (Å²) in [6.07, 6.45) is 1.24. The number of nitrogens with zero attached hydrogens (tertiary/aromatic N) is 7. The van der Waals surface area contributed by atoms with E-state index in [2.05, 4.69) is 15.1 Å². The Kier molecular flexibility index (Phi) is 5.75. The van der Waals surface area contributed by atoms with Crippen molar-refractivity contribution >= 4 is 22.7 Å². The van der Waals surface area contributed by atoms with Gasteiger partial charge in [0.15, 0.2) is 5.65 Å². The number of morpholine rings is 1. The maximum atomic E-state index is 13.2. The fraction of sp³-hybridized carbons (Fsp3) is 0.522. The van der Waals surface area contributed by atoms with Crippen LogP contribution in [0.15, 0.2) is 18.5 Å². The van der Waals surface area contributed by atoms with Crippen LogP contribution in [0.5, 0.6) is 0 Å². The summed E-state index contributed by atoms with van der Waals surface area (Å²) in [5.41, 5.74) is 4.79. The number of anilines is 1. The van der Waals surface area contributed by atoms with Crippen molar-refractivity contribution in [1.82, 2.24) is 29.7 Å². The highest BCUT2D eigenvalue weighted by Gasteiger charge is 2.40. The van der Waals surface area contributed by atoms with Gasteiger partial charge < -0.3 is 9.64 Å². The molecule has 1 saturated heterocycles. The largest absolute Gasteiger partial charge is 0.392 e. The van der Waals surface area contributed by atoms with Gasteiger partial charge in [-0.15, -0.1) is 0 Å². The number of allylic oxidation sites excluding steroid dienone is 2. The maximum Gasteiger partial charge on any atom is 0.392 e. The third kappa shape index (κ3) is 4.36. The Morgan fingerprint density at radius 1 is 1.09 bits per heavy atom. The molecule has 1 fully saturated rings. The molecule has 0 saturated carbocycles. The zero-order valence-corrected chi connectivity index (χ0v) is 19.3. The highest BCUT2D eigenvalue weighted by atomic mass is 19.4. The van der Waals surface area contributed by atoms with Gasteiger partial charge in [0.1, 0.15) is 11.6 Å². The molecule has 1 aliphatic heterocycles. The topological polar surface area (TPSA) is 81.9 Å². The standard InChI is InChI=1S/C23H26F3N7O/c1-13-14(2)29-21-20(28-13)19(15-4-6-17(7-5-15)23(24,25)26)30-22(31-21)33-8-9-34-18(12-33)16-10-27-32(3)11-16/h4,10-11,17-18H,5-9,12H2,1-3H3/t17-,18-/m0/s1. The number of aryl methyl sites for hydroxylation is 3. The zero-order valence-electron chi connectivity index (χ0n) is 19.3. The minimum Gasteiger partial charge on any atom is -0.370 e. The average molecular weight is 474 g/mol. The molecule has 4 heterocycles. The third-order valence-electron chi connectivity index (χ3n) is 6.55. The molecule has 8 nitrogen and oxygen atoms in total. The van der Waals surface area contributed by atoms with E-state index in [0.717, 1.165) is 22.5 Å². The van der Waals surface area contributed by atoms with Crippen LogP contribution in [0.1, 0.15) is 48.0 Å². The number of ether oxygens (including phenoxy) is 1. The van der Waals surface area contributed by atoms with Crippen molar-refractivity contribution in [3.05, 3.63) is 41.1 Å². The second-order valence-electron chi connectivity index (χ2n) is 8.93. The normalized spacial score (nSPS) is 21.7. The van der Waals surface area contributed by atoms with Crippen molar-refractivity contribution in [3.63, 3.8) is 0 Å². The van der Waals surface area contributed by atoms with Gasteiger partial charge in [-0.3, -0.25) is 4.68 Å². The Morgan fingerprint density at radius 3 is 2.56 bits per heavy atom. The first kappa shape index (κ1) is 22.7. The lowest BCUT2D eigenvalue weighted by Gasteiger charge is -2.33. The molecule has 0 spiro atoms. The van der Waals surface area contributed by atoms with E-state index >= 15 is 0 Å². The second kappa shape index (κ2) is 8.61. The Hall–Kier alpha value is -3.08. The lowest BCUT2D eigenvalue weighted by atomic mass is 9.87. The monoisotopic (exact) mass is 473 g/mol. The van der Waals surface area contributed by atoms with E-state index in [1.54, 1.807) is 17.0 Å². The number of halogens is 3. The van der Waals surface area contributed by atoms with Crippen LogP contribution in [-0.4, -0.2) is 55.6 Å². The van der Waals surface area contributed by atoms with E-state index in [1.165, 1.54) is 0 Å². The summed E-state index contributed by atoms with van der Waals surface area (Å²) < 4.78 is 47.3. The van der Waals surface area contributed by atoms with Crippen molar-refractivity contribution in [2.75, 3.05) is 24.6 Å². The zero-order chi connectivity index (χ0) is 24.0. The molecule has 180 valence electrons. The molecular weight excluding hydrogens is 447 g/mol. The molecule has 2 atom stereocenters. The molecule has 1 aliphatic carbocycles. The van der Waals surface area contributed by atoms with Crippen molar-refractivity contribution in [1.29, 1.82) is 0 Å². The predicted molar refractivity (Wildman–Crippen MR) is 120 cm³/mol. The third-order valence-corrected chi connectivity index (χ3v) is 6.55. The van der Waals surface area contributed by atoms with Gasteiger partial charge in [0, 0.05) is 25.4 Å². The van der Waals surface area contributed by atoms with Crippen molar-refractivity contribution in [2.24, 2.45) is 13.0 Å². The molecule has 0 aromatic carbocycles. The summed E-state index contributed by atoms with van der Waals surface area (Å²) in [5.74, 6) is -0.838. The summed E-state index contributed by atoms with van der Waals surface area (Å²) in [7, 11) is 1.85. The number of alkyl halides is 3. The average Bonchev–Trinajstić information content (AvgIpc) is 3.25. The van der Waals surface area contributed by atoms with Crippen molar-refractivity contribution in [3.8, 4) is 0 Å². The summed E-state index contributed by atoms with van der Waals surface area (Å²) in [5, 5.41) is 4.23. The first-order valence-corrected chi connectivity index (χ1v) is 11.3. The molecule has 11 heteroatoms. The van der Waals surface area contributed by atoms with Crippen LogP contribution in [0.3, 0.4) is 0 Å². The molecule has 3 aromatic heterocycles. The summed E-state index contributed by atoms with van der Waals surface area (Å²) >= 11 is 0. The molecule has 0 unspecified atom stereocenters. The lowest BCUT2D eigenvalue weighted by Crippen LogP contribution is -2.39. The highest BCUT2D eigenvalue weighted by molar-refractivity contribution is 5.86. The van der Waals surface area contributed by atoms with Crippen molar-refractivity contribution in [2.45, 2.75) is 45.4 Å². The Balaban J connectivity index is 1.53.